The van der Waals surface area contributed by atoms with Gasteiger partial charge in [-0.2, -0.15) is 0 Å². The van der Waals surface area contributed by atoms with Crippen LogP contribution in [0.25, 0.3) is 0 Å². The lowest BCUT2D eigenvalue weighted by atomic mass is 9.76. The molecule has 0 radical (unpaired) electrons. The fraction of sp³-hybridized carbons (Fsp3) is 0.533. The van der Waals surface area contributed by atoms with Crippen LogP contribution in [0.2, 0.25) is 0 Å². The monoisotopic (exact) mass is 265 g/mol. The number of alkyl halides is 1. The average molecular weight is 266 g/mol. The molecule has 1 amide bonds. The van der Waals surface area contributed by atoms with Gasteiger partial charge in [-0.3, -0.25) is 4.79 Å². The Morgan fingerprint density at radius 3 is 2.39 bits per heavy atom. The first-order chi connectivity index (χ1) is 8.50. The zero-order valence-corrected chi connectivity index (χ0v) is 11.8. The van der Waals surface area contributed by atoms with Crippen LogP contribution in [0.1, 0.15) is 38.7 Å². The van der Waals surface area contributed by atoms with Crippen LogP contribution in [-0.2, 0) is 10.2 Å². The molecule has 1 saturated carbocycles. The summed E-state index contributed by atoms with van der Waals surface area (Å²) in [6.07, 6.45) is 3.14. The molecule has 1 N–H and O–H groups in total. The van der Waals surface area contributed by atoms with Gasteiger partial charge in [0.25, 0.3) is 0 Å². The highest BCUT2D eigenvalue weighted by Gasteiger charge is 2.41. The van der Waals surface area contributed by atoms with Gasteiger partial charge in [-0.15, -0.1) is 11.6 Å². The lowest BCUT2D eigenvalue weighted by Crippen LogP contribution is -2.58. The van der Waals surface area contributed by atoms with Crippen LogP contribution in [0.3, 0.4) is 0 Å². The summed E-state index contributed by atoms with van der Waals surface area (Å²) in [6, 6.07) is 9.88. The number of hydrogen-bond acceptors (Lipinski definition) is 1. The number of hydrogen-bond donors (Lipinski definition) is 1. The van der Waals surface area contributed by atoms with Crippen LogP contribution in [-0.4, -0.2) is 17.3 Å². The summed E-state index contributed by atoms with van der Waals surface area (Å²) in [5.41, 5.74) is 0.354. The Balaban J connectivity index is 2.13. The van der Waals surface area contributed by atoms with Crippen molar-refractivity contribution < 1.29 is 4.79 Å². The second-order valence-electron chi connectivity index (χ2n) is 5.71. The highest BCUT2D eigenvalue weighted by atomic mass is 35.5. The SMILES string of the molecule is CC(C)(C(=O)NC1(CCl)CCC1)c1ccccc1. The first kappa shape index (κ1) is 13.4. The molecule has 2 rings (SSSR count). The molecule has 0 saturated heterocycles. The minimum atomic E-state index is -0.518. The van der Waals surface area contributed by atoms with Crippen molar-refractivity contribution in [2.45, 2.75) is 44.1 Å². The Hall–Kier alpha value is -1.02. The first-order valence-electron chi connectivity index (χ1n) is 6.44. The van der Waals surface area contributed by atoms with E-state index in [9.17, 15) is 4.79 Å². The van der Waals surface area contributed by atoms with Crippen LogP contribution in [0.15, 0.2) is 30.3 Å². The van der Waals surface area contributed by atoms with Crippen LogP contribution >= 0.6 is 11.6 Å². The van der Waals surface area contributed by atoms with Crippen molar-refractivity contribution in [1.82, 2.24) is 5.32 Å². The first-order valence-corrected chi connectivity index (χ1v) is 6.98. The number of carbonyl (C=O) groups is 1. The van der Waals surface area contributed by atoms with Crippen molar-refractivity contribution in [3.05, 3.63) is 35.9 Å². The number of nitrogens with one attached hydrogen (secondary N) is 1. The Bertz CT molecular complexity index is 418. The molecule has 1 aromatic rings. The third kappa shape index (κ3) is 2.39. The van der Waals surface area contributed by atoms with Gasteiger partial charge in [0.2, 0.25) is 5.91 Å². The van der Waals surface area contributed by atoms with E-state index >= 15 is 0 Å². The number of rotatable bonds is 4. The van der Waals surface area contributed by atoms with E-state index in [0.717, 1.165) is 24.8 Å². The van der Waals surface area contributed by atoms with E-state index in [4.69, 9.17) is 11.6 Å². The van der Waals surface area contributed by atoms with E-state index < -0.39 is 5.41 Å². The highest BCUT2D eigenvalue weighted by Crippen LogP contribution is 2.34. The van der Waals surface area contributed by atoms with E-state index in [1.165, 1.54) is 0 Å². The molecule has 0 bridgehead atoms. The highest BCUT2D eigenvalue weighted by molar-refractivity contribution is 6.19. The van der Waals surface area contributed by atoms with Crippen molar-refractivity contribution in [3.8, 4) is 0 Å². The van der Waals surface area contributed by atoms with Gasteiger partial charge in [-0.1, -0.05) is 30.3 Å². The Labute approximate surface area is 114 Å². The van der Waals surface area contributed by atoms with Gasteiger partial charge in [0.15, 0.2) is 0 Å². The summed E-state index contributed by atoms with van der Waals surface area (Å²) in [6.45, 7) is 3.91. The summed E-state index contributed by atoms with van der Waals surface area (Å²) in [5.74, 6) is 0.568. The van der Waals surface area contributed by atoms with Gasteiger partial charge in [0.1, 0.15) is 0 Å². The molecule has 0 heterocycles. The molecule has 0 atom stereocenters. The van der Waals surface area contributed by atoms with Gasteiger partial charge in [-0.25, -0.2) is 0 Å². The molecule has 3 heteroatoms. The van der Waals surface area contributed by atoms with Crippen LogP contribution in [0, 0.1) is 0 Å². The van der Waals surface area contributed by atoms with Gasteiger partial charge in [-0.05, 0) is 38.7 Å². The summed E-state index contributed by atoms with van der Waals surface area (Å²) in [4.78, 5) is 12.5. The maximum Gasteiger partial charge on any atom is 0.230 e. The average Bonchev–Trinajstić information content (AvgIpc) is 2.34. The van der Waals surface area contributed by atoms with Crippen LogP contribution < -0.4 is 5.32 Å². The molecule has 98 valence electrons. The van der Waals surface area contributed by atoms with Crippen LogP contribution in [0.4, 0.5) is 0 Å². The van der Waals surface area contributed by atoms with E-state index in [1.807, 2.05) is 44.2 Å². The normalized spacial score (nSPS) is 17.9. The summed E-state index contributed by atoms with van der Waals surface area (Å²) in [7, 11) is 0. The second kappa shape index (κ2) is 4.93. The quantitative estimate of drug-likeness (QED) is 0.832. The predicted octanol–water partition coefficient (Wildman–Crippen LogP) is 3.24. The lowest BCUT2D eigenvalue weighted by Gasteiger charge is -2.43. The van der Waals surface area contributed by atoms with E-state index in [0.29, 0.717) is 5.88 Å². The summed E-state index contributed by atoms with van der Waals surface area (Å²) in [5, 5.41) is 3.15. The molecule has 0 unspecified atom stereocenters. The minimum Gasteiger partial charge on any atom is -0.349 e. The van der Waals surface area contributed by atoms with Crippen molar-refractivity contribution in [2.24, 2.45) is 0 Å². The number of amides is 1. The minimum absolute atomic E-state index is 0.0639. The molecular formula is C15H20ClNO. The number of benzene rings is 1. The zero-order chi connectivity index (χ0) is 13.2. The maximum atomic E-state index is 12.5. The molecule has 0 aliphatic heterocycles. The smallest absolute Gasteiger partial charge is 0.230 e. The van der Waals surface area contributed by atoms with Crippen LogP contribution in [0.5, 0.6) is 0 Å². The van der Waals surface area contributed by atoms with E-state index in [-0.39, 0.29) is 11.4 Å². The predicted molar refractivity (Wildman–Crippen MR) is 74.9 cm³/mol. The van der Waals surface area contributed by atoms with Gasteiger partial charge < -0.3 is 5.32 Å². The molecule has 1 aliphatic carbocycles. The Morgan fingerprint density at radius 2 is 1.94 bits per heavy atom. The van der Waals surface area contributed by atoms with E-state index in [2.05, 4.69) is 5.32 Å². The number of halogens is 1. The standard InChI is InChI=1S/C15H20ClNO/c1-14(2,12-7-4-3-5-8-12)13(18)17-15(11-16)9-6-10-15/h3-5,7-8H,6,9-11H2,1-2H3,(H,17,18). The molecule has 18 heavy (non-hydrogen) atoms. The Morgan fingerprint density at radius 1 is 1.33 bits per heavy atom. The maximum absolute atomic E-state index is 12.5. The summed E-state index contributed by atoms with van der Waals surface area (Å²) < 4.78 is 0. The van der Waals surface area contributed by atoms with Crippen molar-refractivity contribution >= 4 is 17.5 Å². The summed E-state index contributed by atoms with van der Waals surface area (Å²) >= 11 is 5.99. The van der Waals surface area contributed by atoms with Crippen molar-refractivity contribution in [3.63, 3.8) is 0 Å². The molecule has 1 fully saturated rings. The van der Waals surface area contributed by atoms with Gasteiger partial charge >= 0.3 is 0 Å². The molecule has 0 spiro atoms. The van der Waals surface area contributed by atoms with Gasteiger partial charge in [0.05, 0.1) is 11.0 Å². The zero-order valence-electron chi connectivity index (χ0n) is 11.0. The topological polar surface area (TPSA) is 29.1 Å². The molecule has 2 nitrogen and oxygen atoms in total. The van der Waals surface area contributed by atoms with Crippen molar-refractivity contribution in [2.75, 3.05) is 5.88 Å². The fourth-order valence-corrected chi connectivity index (χ4v) is 2.61. The van der Waals surface area contributed by atoms with E-state index in [1.54, 1.807) is 0 Å². The van der Waals surface area contributed by atoms with Crippen molar-refractivity contribution in [1.29, 1.82) is 0 Å². The third-order valence-electron chi connectivity index (χ3n) is 4.01. The second-order valence-corrected chi connectivity index (χ2v) is 5.98. The number of carbonyl (C=O) groups excluding carboxylic acids is 1. The molecule has 0 aromatic heterocycles. The van der Waals surface area contributed by atoms with Gasteiger partial charge in [0, 0.05) is 5.88 Å². The third-order valence-corrected chi connectivity index (χ3v) is 4.52. The molecule has 1 aliphatic rings. The lowest BCUT2D eigenvalue weighted by molar-refractivity contribution is -0.128. The largest absolute Gasteiger partial charge is 0.349 e. The molecular weight excluding hydrogens is 246 g/mol. The molecule has 1 aromatic carbocycles. The fourth-order valence-electron chi connectivity index (χ4n) is 2.28. The Kier molecular flexibility index (Phi) is 3.67.